The van der Waals surface area contributed by atoms with E-state index < -0.39 is 18.0 Å². The van der Waals surface area contributed by atoms with Crippen LogP contribution in [0.15, 0.2) is 0 Å². The van der Waals surface area contributed by atoms with E-state index in [2.05, 4.69) is 12.6 Å². The molecule has 0 bridgehead atoms. The molecule has 3 N–H and O–H groups in total. The maximum absolute atomic E-state index is 9.93. The van der Waals surface area contributed by atoms with E-state index in [9.17, 15) is 14.7 Å². The number of nitrogens with zero attached hydrogens (tertiary/aromatic N) is 1. The molecule has 1 atom stereocenters. The van der Waals surface area contributed by atoms with Crippen LogP contribution in [0.1, 0.15) is 6.42 Å². The minimum Gasteiger partial charge on any atom is -0.544 e. The summed E-state index contributed by atoms with van der Waals surface area (Å²) in [5.74, 6) is -1.44. The molecule has 0 fully saturated rings. The molecular weight excluding hydrogens is 232 g/mol. The first-order valence-electron chi connectivity index (χ1n) is 4.69. The summed E-state index contributed by atoms with van der Waals surface area (Å²) in [5, 5.41) is 18.0. The van der Waals surface area contributed by atoms with Gasteiger partial charge in [0.2, 0.25) is 0 Å². The summed E-state index contributed by atoms with van der Waals surface area (Å²) in [7, 11) is 5.40. The van der Waals surface area contributed by atoms with Crippen LogP contribution >= 0.6 is 12.6 Å². The quantitative estimate of drug-likeness (QED) is 0.394. The van der Waals surface area contributed by atoms with E-state index in [4.69, 9.17) is 10.8 Å². The van der Waals surface area contributed by atoms with E-state index in [0.29, 0.717) is 16.7 Å². The Labute approximate surface area is 101 Å². The van der Waals surface area contributed by atoms with Crippen LogP contribution in [-0.4, -0.2) is 61.0 Å². The maximum Gasteiger partial charge on any atom is 0.320 e. The van der Waals surface area contributed by atoms with Crippen LogP contribution in [0.5, 0.6) is 0 Å². The highest BCUT2D eigenvalue weighted by Crippen LogP contribution is 1.89. The highest BCUT2D eigenvalue weighted by atomic mass is 32.1. The zero-order chi connectivity index (χ0) is 13.4. The van der Waals surface area contributed by atoms with Gasteiger partial charge < -0.3 is 25.2 Å². The zero-order valence-electron chi connectivity index (χ0n) is 9.84. The van der Waals surface area contributed by atoms with Crippen molar-refractivity contribution in [1.29, 1.82) is 0 Å². The summed E-state index contributed by atoms with van der Waals surface area (Å²) >= 11 is 3.81. The van der Waals surface area contributed by atoms with Crippen molar-refractivity contribution < 1.29 is 24.3 Å². The Balaban J connectivity index is 0. The van der Waals surface area contributed by atoms with Crippen LogP contribution in [0.2, 0.25) is 0 Å². The molecule has 6 nitrogen and oxygen atoms in total. The fourth-order valence-electron chi connectivity index (χ4n) is 0.650. The van der Waals surface area contributed by atoms with Crippen LogP contribution in [0.3, 0.4) is 0 Å². The van der Waals surface area contributed by atoms with Crippen molar-refractivity contribution in [2.24, 2.45) is 5.73 Å². The van der Waals surface area contributed by atoms with Crippen LogP contribution in [-0.2, 0) is 9.59 Å². The maximum atomic E-state index is 9.93. The van der Waals surface area contributed by atoms with Crippen LogP contribution in [0, 0.1) is 0 Å². The molecule has 0 aromatic rings. The largest absolute Gasteiger partial charge is 0.544 e. The summed E-state index contributed by atoms with van der Waals surface area (Å²) in [6, 6.07) is -0.743. The van der Waals surface area contributed by atoms with Gasteiger partial charge in [-0.2, -0.15) is 12.6 Å². The number of rotatable bonds is 5. The molecule has 0 amide bonds. The molecular formula is C9H20N2O4S. The molecule has 0 saturated heterocycles. The van der Waals surface area contributed by atoms with E-state index in [1.807, 2.05) is 0 Å². The van der Waals surface area contributed by atoms with Gasteiger partial charge in [-0.05, 0) is 12.2 Å². The molecule has 0 aromatic carbocycles. The van der Waals surface area contributed by atoms with E-state index in [1.165, 1.54) is 0 Å². The molecule has 0 rings (SSSR count). The molecule has 0 aliphatic carbocycles. The second kappa shape index (κ2) is 8.37. The second-order valence-electron chi connectivity index (χ2n) is 4.28. The number of carboxylic acids is 2. The molecule has 0 heterocycles. The fraction of sp³-hybridized carbons (Fsp3) is 0.778. The third-order valence-electron chi connectivity index (χ3n) is 1.36. The van der Waals surface area contributed by atoms with Crippen molar-refractivity contribution in [2.45, 2.75) is 12.5 Å². The summed E-state index contributed by atoms with van der Waals surface area (Å²) < 4.78 is 0.419. The third kappa shape index (κ3) is 15.7. The topological polar surface area (TPSA) is 103 Å². The molecule has 0 radical (unpaired) electrons. The highest BCUT2D eigenvalue weighted by molar-refractivity contribution is 7.80. The van der Waals surface area contributed by atoms with Gasteiger partial charge in [-0.25, -0.2) is 0 Å². The lowest BCUT2D eigenvalue weighted by Crippen LogP contribution is -2.45. The SMILES string of the molecule is C[N+](C)(C)CC(=O)[O-].NC(CCS)C(=O)O. The molecule has 0 saturated carbocycles. The Hall–Kier alpha value is -0.790. The summed E-state index contributed by atoms with van der Waals surface area (Å²) in [4.78, 5) is 19.8. The van der Waals surface area contributed by atoms with E-state index in [1.54, 1.807) is 21.1 Å². The number of quaternary nitrogens is 1. The number of hydrogen-bond donors (Lipinski definition) is 3. The lowest BCUT2D eigenvalue weighted by atomic mass is 10.2. The van der Waals surface area contributed by atoms with E-state index in [0.717, 1.165) is 0 Å². The minimum atomic E-state index is -1.00. The summed E-state index contributed by atoms with van der Waals surface area (Å²) in [6.07, 6.45) is 0.429. The van der Waals surface area contributed by atoms with Gasteiger partial charge in [-0.15, -0.1) is 0 Å². The smallest absolute Gasteiger partial charge is 0.320 e. The number of carbonyl (C=O) groups excluding carboxylic acids is 1. The first kappa shape index (κ1) is 17.6. The molecule has 16 heavy (non-hydrogen) atoms. The predicted molar refractivity (Wildman–Crippen MR) is 62.0 cm³/mol. The van der Waals surface area contributed by atoms with Crippen molar-refractivity contribution in [3.05, 3.63) is 0 Å². The Bertz CT molecular complexity index is 228. The van der Waals surface area contributed by atoms with Gasteiger partial charge in [0.1, 0.15) is 12.6 Å². The number of carboxylic acid groups (broad SMARTS) is 2. The molecule has 0 aliphatic rings. The number of hydrogen-bond acceptors (Lipinski definition) is 5. The van der Waals surface area contributed by atoms with E-state index in [-0.39, 0.29) is 6.54 Å². The van der Waals surface area contributed by atoms with Gasteiger partial charge >= 0.3 is 5.97 Å². The summed E-state index contributed by atoms with van der Waals surface area (Å²) in [5.41, 5.74) is 5.08. The molecule has 0 aromatic heterocycles. The minimum absolute atomic E-state index is 0.0694. The number of nitrogens with two attached hydrogens (primary N) is 1. The standard InChI is InChI=1S/C5H11NO2.C4H9NO2S/c1-6(2,3)4-5(7)8;5-3(1-2-8)4(6)7/h4H2,1-3H3;3,8H,1-2,5H2,(H,6,7). The molecule has 0 spiro atoms. The number of likely N-dealkylation sites (N-methyl/N-ethyl adjacent to an activating group) is 1. The van der Waals surface area contributed by atoms with Gasteiger partial charge in [0, 0.05) is 0 Å². The van der Waals surface area contributed by atoms with Crippen LogP contribution < -0.4 is 10.8 Å². The second-order valence-corrected chi connectivity index (χ2v) is 4.72. The van der Waals surface area contributed by atoms with Gasteiger partial charge in [0.25, 0.3) is 0 Å². The van der Waals surface area contributed by atoms with Crippen molar-refractivity contribution in [3.63, 3.8) is 0 Å². The molecule has 1 unspecified atom stereocenters. The first-order valence-corrected chi connectivity index (χ1v) is 5.33. The fourth-order valence-corrected chi connectivity index (χ4v) is 0.928. The van der Waals surface area contributed by atoms with E-state index >= 15 is 0 Å². The monoisotopic (exact) mass is 252 g/mol. The van der Waals surface area contributed by atoms with Crippen molar-refractivity contribution >= 4 is 24.6 Å². The average Bonchev–Trinajstić information content (AvgIpc) is 2.00. The van der Waals surface area contributed by atoms with Gasteiger partial charge in [-0.1, -0.05) is 0 Å². The normalized spacial score (nSPS) is 12.3. The lowest BCUT2D eigenvalue weighted by Gasteiger charge is -2.23. The number of aliphatic carboxylic acids is 2. The summed E-state index contributed by atoms with van der Waals surface area (Å²) in [6.45, 7) is 0.0694. The van der Waals surface area contributed by atoms with Gasteiger partial charge in [0.15, 0.2) is 0 Å². The Kier molecular flexibility index (Phi) is 9.21. The van der Waals surface area contributed by atoms with Gasteiger partial charge in [-0.3, -0.25) is 4.79 Å². The third-order valence-corrected chi connectivity index (χ3v) is 1.62. The highest BCUT2D eigenvalue weighted by Gasteiger charge is 2.08. The lowest BCUT2D eigenvalue weighted by molar-refractivity contribution is -0.864. The van der Waals surface area contributed by atoms with Crippen molar-refractivity contribution in [1.82, 2.24) is 0 Å². The Morgan fingerprint density at radius 1 is 1.44 bits per heavy atom. The first-order chi connectivity index (χ1) is 7.10. The Morgan fingerprint density at radius 2 is 1.88 bits per heavy atom. The number of thiol groups is 1. The molecule has 7 heteroatoms. The van der Waals surface area contributed by atoms with Gasteiger partial charge in [0.05, 0.1) is 27.1 Å². The van der Waals surface area contributed by atoms with Crippen molar-refractivity contribution in [3.8, 4) is 0 Å². The predicted octanol–water partition coefficient (Wildman–Crippen LogP) is -1.84. The van der Waals surface area contributed by atoms with Crippen LogP contribution in [0.4, 0.5) is 0 Å². The van der Waals surface area contributed by atoms with Crippen LogP contribution in [0.25, 0.3) is 0 Å². The molecule has 96 valence electrons. The van der Waals surface area contributed by atoms with Crippen molar-refractivity contribution in [2.75, 3.05) is 33.4 Å². The zero-order valence-corrected chi connectivity index (χ0v) is 10.7. The molecule has 0 aliphatic heterocycles. The number of carbonyl (C=O) groups is 2. The average molecular weight is 252 g/mol. The Morgan fingerprint density at radius 3 is 1.94 bits per heavy atom.